The zero-order valence-electron chi connectivity index (χ0n) is 59.5. The number of benzene rings is 2. The number of nitrogens with one attached hydrogen (secondary N) is 4. The molecule has 0 spiro atoms. The lowest BCUT2D eigenvalue weighted by Gasteiger charge is -2.43. The van der Waals surface area contributed by atoms with Crippen LogP contribution in [-0.4, -0.2) is 252 Å². The molecule has 3 heterocycles. The zero-order chi connectivity index (χ0) is 74.1. The molecule has 2 aromatic carbocycles. The molecule has 0 saturated carbocycles. The fourth-order valence-electron chi connectivity index (χ4n) is 12.0. The lowest BCUT2D eigenvalue weighted by Crippen LogP contribution is -2.64. The second-order valence-corrected chi connectivity index (χ2v) is 28.8. The van der Waals surface area contributed by atoms with E-state index in [1.165, 1.54) is 78.1 Å². The van der Waals surface area contributed by atoms with Crippen LogP contribution in [0.25, 0.3) is 0 Å². The maximum absolute atomic E-state index is 15.1. The van der Waals surface area contributed by atoms with Gasteiger partial charge in [0, 0.05) is 84.8 Å². The number of rotatable bonds is 15. The first-order chi connectivity index (χ1) is 46.4. The van der Waals surface area contributed by atoms with Crippen molar-refractivity contribution in [2.75, 3.05) is 81.7 Å². The molecule has 99 heavy (non-hydrogen) atoms. The third kappa shape index (κ3) is 22.0. The molecule has 29 heteroatoms. The van der Waals surface area contributed by atoms with Crippen LogP contribution >= 0.6 is 22.6 Å². The SMILES string of the molecule is C#CC[C@@H]1NC(=O)[C@H](Cc2cccc(I)c2)NC(=O)CN(C)C(=O)[C@H](Cc2ccc(OC(F)(F)CF)cc2)N(C)C(=O)C2CCN2C(=O)CN(C)C(=O)[C@H]([C@@H](C)CC)NC(=O)[C@H](CC(C)C)N(C)C(=O)C[C@@H](C(=O)N2CCCCC2)N(C)C(=O)[C@H](CC(C)C)NC(=O)C(C)(C)N(C)C1=O. The van der Waals surface area contributed by atoms with Crippen molar-refractivity contribution in [3.05, 3.63) is 63.2 Å². The highest BCUT2D eigenvalue weighted by atomic mass is 127. The Hall–Kier alpha value is -8.04. The summed E-state index contributed by atoms with van der Waals surface area (Å²) in [5.41, 5.74) is -0.941. The Morgan fingerprint density at radius 3 is 1.87 bits per heavy atom. The largest absolute Gasteiger partial charge is 0.431 e. The van der Waals surface area contributed by atoms with E-state index < -0.39 is 175 Å². The Morgan fingerprint density at radius 2 is 1.30 bits per heavy atom. The first-order valence-electron chi connectivity index (χ1n) is 33.6. The molecule has 3 saturated heterocycles. The number of ether oxygens (including phenoxy) is 1. The van der Waals surface area contributed by atoms with Gasteiger partial charge in [-0.25, -0.2) is 4.39 Å². The van der Waals surface area contributed by atoms with E-state index in [-0.39, 0.29) is 50.5 Å². The number of carbonyl (C=O) groups excluding carboxylic acids is 12. The normalized spacial score (nSPS) is 24.6. The van der Waals surface area contributed by atoms with E-state index in [0.717, 1.165) is 46.6 Å². The van der Waals surface area contributed by atoms with E-state index >= 15 is 4.79 Å². The molecule has 9 atom stereocenters. The summed E-state index contributed by atoms with van der Waals surface area (Å²) in [5, 5.41) is 11.0. The summed E-state index contributed by atoms with van der Waals surface area (Å²) in [5.74, 6) is -8.04. The van der Waals surface area contributed by atoms with E-state index in [1.54, 1.807) is 43.0 Å². The fourth-order valence-corrected chi connectivity index (χ4v) is 12.6. The zero-order valence-corrected chi connectivity index (χ0v) is 61.6. The van der Waals surface area contributed by atoms with Crippen molar-refractivity contribution >= 4 is 93.5 Å². The molecule has 3 aliphatic rings. The summed E-state index contributed by atoms with van der Waals surface area (Å²) in [6, 6.07) is 0.966. The molecule has 5 rings (SSSR count). The fraction of sp³-hybridized carbons (Fsp3) is 0.629. The van der Waals surface area contributed by atoms with Crippen molar-refractivity contribution in [1.29, 1.82) is 0 Å². The van der Waals surface area contributed by atoms with Gasteiger partial charge in [0.05, 0.1) is 19.5 Å². The van der Waals surface area contributed by atoms with Crippen LogP contribution in [0, 0.1) is 33.7 Å². The van der Waals surface area contributed by atoms with Crippen molar-refractivity contribution in [3.63, 3.8) is 0 Å². The molecule has 3 aliphatic heterocycles. The van der Waals surface area contributed by atoms with Crippen molar-refractivity contribution < 1.29 is 75.4 Å². The van der Waals surface area contributed by atoms with Crippen molar-refractivity contribution in [1.82, 2.24) is 60.5 Å². The monoisotopic (exact) mass is 1500 g/mol. The van der Waals surface area contributed by atoms with Gasteiger partial charge in [0.1, 0.15) is 59.6 Å². The van der Waals surface area contributed by atoms with E-state index in [4.69, 9.17) is 6.42 Å². The van der Waals surface area contributed by atoms with Crippen molar-refractivity contribution in [2.45, 2.75) is 186 Å². The topological polar surface area (TPSA) is 288 Å². The predicted molar refractivity (Wildman–Crippen MR) is 371 cm³/mol. The highest BCUT2D eigenvalue weighted by Gasteiger charge is 2.46. The molecule has 0 bridgehead atoms. The second-order valence-electron chi connectivity index (χ2n) is 27.6. The van der Waals surface area contributed by atoms with Gasteiger partial charge in [-0.3, -0.25) is 57.5 Å². The van der Waals surface area contributed by atoms with Crippen LogP contribution in [0.15, 0.2) is 48.5 Å². The first kappa shape index (κ1) is 81.6. The Morgan fingerprint density at radius 1 is 0.677 bits per heavy atom. The van der Waals surface area contributed by atoms with Gasteiger partial charge in [-0.15, -0.1) is 12.3 Å². The molecule has 1 unspecified atom stereocenters. The molecular formula is C70H100F3IN12O13. The van der Waals surface area contributed by atoms with Gasteiger partial charge in [0.2, 0.25) is 70.9 Å². The summed E-state index contributed by atoms with van der Waals surface area (Å²) < 4.78 is 46.2. The minimum Gasteiger partial charge on any atom is -0.431 e. The molecule has 0 aromatic heterocycles. The second kappa shape index (κ2) is 36.3. The molecule has 0 radical (unpaired) electrons. The molecule has 12 amide bonds. The minimum atomic E-state index is -4.15. The number of alkyl halides is 3. The van der Waals surface area contributed by atoms with Gasteiger partial charge in [0.15, 0.2) is 6.67 Å². The average Bonchev–Trinajstić information content (AvgIpc) is 0.799. The highest BCUT2D eigenvalue weighted by Crippen LogP contribution is 2.28. The number of terminal acetylenes is 1. The molecule has 4 N–H and O–H groups in total. The number of halogens is 4. The van der Waals surface area contributed by atoms with E-state index in [1.807, 2.05) is 27.7 Å². The smallest absolute Gasteiger partial charge is 0.427 e. The summed E-state index contributed by atoms with van der Waals surface area (Å²) in [6.07, 6.45) is 2.99. The number of hydrogen-bond acceptors (Lipinski definition) is 13. The number of piperidine rings is 1. The summed E-state index contributed by atoms with van der Waals surface area (Å²) in [6.45, 7) is 11.0. The standard InChI is InChI=1S/C70H100F3IN12O13/c1-16-22-49-63(93)84(15)69(8,9)68(98)77-51(33-42(3)4)62(92)82(13)55(66(96)85-30-19-18-20-31-85)38-57(88)81(12)53(34-43(5)6)61(91)78-59(44(7)17-2)67(97)80(11)40-58(89)86-32-29-52(86)65(95)83(14)54(37-45-25-27-48(28-26-45)99-70(72,73)41-71)64(94)79(10)39-56(87)75-50(60(90)76-49)36-46-23-21-24-47(74)35-46/h1,21,23-28,35,42-44,49-55,59H,17-20,22,29-34,36-41H2,2-15H3,(H,75,87)(H,76,90)(H,77,98)(H,78,91)/t44-,49-,50-,51-,52?,53-,54-,55-,59-/m0/s1. The highest BCUT2D eigenvalue weighted by molar-refractivity contribution is 14.1. The summed E-state index contributed by atoms with van der Waals surface area (Å²) in [7, 11) is 7.99. The number of likely N-dealkylation sites (tertiary alicyclic amines) is 1. The molecule has 546 valence electrons. The Labute approximate surface area is 593 Å². The molecule has 0 aliphatic carbocycles. The van der Waals surface area contributed by atoms with Crippen LogP contribution in [0.1, 0.15) is 124 Å². The number of carbonyl (C=O) groups is 12. The van der Waals surface area contributed by atoms with Gasteiger partial charge in [-0.1, -0.05) is 72.2 Å². The van der Waals surface area contributed by atoms with Crippen LogP contribution in [-0.2, 0) is 70.4 Å². The van der Waals surface area contributed by atoms with E-state index in [9.17, 15) is 65.9 Å². The summed E-state index contributed by atoms with van der Waals surface area (Å²) >= 11 is 2.07. The van der Waals surface area contributed by atoms with Gasteiger partial charge in [0.25, 0.3) is 0 Å². The van der Waals surface area contributed by atoms with Gasteiger partial charge < -0.3 is 65.2 Å². The Bertz CT molecular complexity index is 3290. The van der Waals surface area contributed by atoms with Crippen LogP contribution in [0.5, 0.6) is 5.75 Å². The average molecular weight is 1500 g/mol. The van der Waals surface area contributed by atoms with Crippen LogP contribution in [0.3, 0.4) is 0 Å². The van der Waals surface area contributed by atoms with Gasteiger partial charge in [-0.2, -0.15) is 8.78 Å². The third-order valence-corrected chi connectivity index (χ3v) is 19.4. The van der Waals surface area contributed by atoms with Gasteiger partial charge >= 0.3 is 6.11 Å². The molecule has 2 aromatic rings. The van der Waals surface area contributed by atoms with Crippen LogP contribution in [0.2, 0.25) is 0 Å². The van der Waals surface area contributed by atoms with Crippen LogP contribution in [0.4, 0.5) is 13.2 Å². The number of amides is 12. The molecular weight excluding hydrogens is 1400 g/mol. The van der Waals surface area contributed by atoms with Crippen LogP contribution < -0.4 is 26.0 Å². The van der Waals surface area contributed by atoms with Crippen molar-refractivity contribution in [2.24, 2.45) is 17.8 Å². The minimum absolute atomic E-state index is 0.0307. The maximum Gasteiger partial charge on any atom is 0.427 e. The van der Waals surface area contributed by atoms with Crippen molar-refractivity contribution in [3.8, 4) is 18.1 Å². The number of fused-ring (bicyclic) bond motifs is 1. The van der Waals surface area contributed by atoms with E-state index in [0.29, 0.717) is 43.5 Å². The predicted octanol–water partition coefficient (Wildman–Crippen LogP) is 3.77. The Kier molecular flexibility index (Phi) is 30.0. The summed E-state index contributed by atoms with van der Waals surface area (Å²) in [4.78, 5) is 186. The quantitative estimate of drug-likeness (QED) is 0.146. The lowest BCUT2D eigenvalue weighted by molar-refractivity contribution is -0.186. The molecule has 25 nitrogen and oxygen atoms in total. The maximum atomic E-state index is 15.1. The first-order valence-corrected chi connectivity index (χ1v) is 34.7. The van der Waals surface area contributed by atoms with Gasteiger partial charge in [-0.05, 0) is 128 Å². The van der Waals surface area contributed by atoms with E-state index in [2.05, 4.69) is 54.5 Å². The number of hydrogen-bond donors (Lipinski definition) is 4. The Balaban J connectivity index is 1.62. The third-order valence-electron chi connectivity index (χ3n) is 18.7. The number of likely N-dealkylation sites (N-methyl/N-ethyl adjacent to an activating group) is 6. The molecule has 3 fully saturated rings. The number of nitrogens with zero attached hydrogens (tertiary/aromatic N) is 8. The lowest BCUT2D eigenvalue weighted by atomic mass is 9.95.